The van der Waals surface area contributed by atoms with Gasteiger partial charge in [0.1, 0.15) is 29.7 Å². The maximum atomic E-state index is 14.8. The molecule has 3 aliphatic heterocycles. The Morgan fingerprint density at radius 3 is 2.26 bits per heavy atom. The standard InChI is InChI=1S/C44H57N5O8S/c1-56-32-19-22-35-38(26-32)45-37(30-15-10-7-11-16-30)28-40(35)57-33-27-39-43(52)46-36(42(51)47-58(54,55)34-20-21-34)18-12-6-4-2-3-5-9-17-31(44(53)49(39)29-33)25-41(50)48-23-13-8-14-24-48/h7,10-11,15-16,19,22,26,28,31,33-34,36,39H,2-6,8-9,12-14,17-18,20-21,23-25,27,29H2,1H3,(H,46,52)(H,47,51)/t31-,33-,36+,39+/m1/s1. The SMILES string of the molecule is COc1ccc2c(O[C@@H]3C[C@H]4C(=O)N[C@H](C(=O)NS(=O)(=O)C5CC5)CCCCCCCCC[C@H](CC(=O)N5CCCCC5)C(=O)N4C3)cc(-c3ccccc3)nc2c1. The van der Waals surface area contributed by atoms with Crippen LogP contribution >= 0.6 is 0 Å². The normalized spacial score (nSPS) is 24.2. The molecule has 7 rings (SSSR count). The average Bonchev–Trinajstić information content (AvgIpc) is 4.02. The minimum atomic E-state index is -3.85. The summed E-state index contributed by atoms with van der Waals surface area (Å²) in [4.78, 5) is 64.9. The first-order valence-electron chi connectivity index (χ1n) is 21.2. The van der Waals surface area contributed by atoms with Gasteiger partial charge in [0, 0.05) is 54.9 Å². The number of sulfonamides is 1. The Bertz CT molecular complexity index is 2050. The molecule has 4 aliphatic rings. The number of rotatable bonds is 9. The molecule has 4 amide bonds. The van der Waals surface area contributed by atoms with E-state index >= 15 is 0 Å². The lowest BCUT2D eigenvalue weighted by molar-refractivity contribution is -0.145. The molecule has 0 spiro atoms. The van der Waals surface area contributed by atoms with Gasteiger partial charge in [0.2, 0.25) is 27.7 Å². The van der Waals surface area contributed by atoms with E-state index in [0.29, 0.717) is 61.5 Å². The van der Waals surface area contributed by atoms with Crippen LogP contribution < -0.4 is 19.5 Å². The maximum absolute atomic E-state index is 14.8. The number of ether oxygens (including phenoxy) is 2. The summed E-state index contributed by atoms with van der Waals surface area (Å²) in [6, 6.07) is 15.0. The molecule has 312 valence electrons. The molecular weight excluding hydrogens is 759 g/mol. The Balaban J connectivity index is 1.20. The van der Waals surface area contributed by atoms with Gasteiger partial charge in [-0.25, -0.2) is 13.4 Å². The van der Waals surface area contributed by atoms with Gasteiger partial charge in [-0.3, -0.25) is 23.9 Å². The average molecular weight is 816 g/mol. The first kappa shape index (κ1) is 41.4. The lowest BCUT2D eigenvalue weighted by atomic mass is 9.93. The lowest BCUT2D eigenvalue weighted by Gasteiger charge is -2.31. The van der Waals surface area contributed by atoms with Crippen molar-refractivity contribution in [3.63, 3.8) is 0 Å². The monoisotopic (exact) mass is 815 g/mol. The van der Waals surface area contributed by atoms with Gasteiger partial charge >= 0.3 is 0 Å². The summed E-state index contributed by atoms with van der Waals surface area (Å²) in [5.74, 6) is -1.10. The smallest absolute Gasteiger partial charge is 0.256 e. The molecule has 1 aromatic heterocycles. The third kappa shape index (κ3) is 10.3. The molecule has 58 heavy (non-hydrogen) atoms. The van der Waals surface area contributed by atoms with Crippen LogP contribution in [0.25, 0.3) is 22.2 Å². The quantitative estimate of drug-likeness (QED) is 0.268. The Labute approximate surface area is 341 Å². The molecule has 3 aromatic rings. The van der Waals surface area contributed by atoms with Gasteiger partial charge in [-0.15, -0.1) is 0 Å². The summed E-state index contributed by atoms with van der Waals surface area (Å²) in [6.07, 6.45) is 10.4. The van der Waals surface area contributed by atoms with Gasteiger partial charge in [-0.1, -0.05) is 75.3 Å². The van der Waals surface area contributed by atoms with Crippen LogP contribution in [0.3, 0.4) is 0 Å². The van der Waals surface area contributed by atoms with E-state index in [2.05, 4.69) is 10.0 Å². The van der Waals surface area contributed by atoms with Gasteiger partial charge in [0.15, 0.2) is 0 Å². The molecule has 4 fully saturated rings. The largest absolute Gasteiger partial charge is 0.497 e. The number of aromatic nitrogens is 1. The topological polar surface area (TPSA) is 164 Å². The molecule has 0 unspecified atom stereocenters. The number of amides is 4. The number of carbonyl (C=O) groups is 4. The fraction of sp³-hybridized carbons (Fsp3) is 0.568. The number of fused-ring (bicyclic) bond motifs is 2. The molecule has 4 atom stereocenters. The number of hydrogen-bond donors (Lipinski definition) is 2. The van der Waals surface area contributed by atoms with Crippen LogP contribution in [-0.2, 0) is 29.2 Å². The lowest BCUT2D eigenvalue weighted by Crippen LogP contribution is -2.54. The summed E-state index contributed by atoms with van der Waals surface area (Å²) in [7, 11) is -2.26. The first-order chi connectivity index (χ1) is 28.1. The van der Waals surface area contributed by atoms with E-state index < -0.39 is 51.2 Å². The molecular formula is C44H57N5O8S. The summed E-state index contributed by atoms with van der Waals surface area (Å²) in [5.41, 5.74) is 2.22. The number of benzene rings is 2. The summed E-state index contributed by atoms with van der Waals surface area (Å²) >= 11 is 0. The van der Waals surface area contributed by atoms with Gasteiger partial charge in [-0.05, 0) is 57.1 Å². The third-order valence-corrected chi connectivity index (χ3v) is 13.9. The number of carbonyl (C=O) groups excluding carboxylic acids is 4. The van der Waals surface area contributed by atoms with E-state index in [4.69, 9.17) is 14.5 Å². The van der Waals surface area contributed by atoms with Gasteiger partial charge in [0.05, 0.1) is 30.1 Å². The highest BCUT2D eigenvalue weighted by Gasteiger charge is 2.45. The van der Waals surface area contributed by atoms with Crippen molar-refractivity contribution in [2.75, 3.05) is 26.7 Å². The zero-order valence-electron chi connectivity index (χ0n) is 33.5. The van der Waals surface area contributed by atoms with Crippen LogP contribution in [0.2, 0.25) is 0 Å². The van der Waals surface area contributed by atoms with Crippen molar-refractivity contribution >= 4 is 44.6 Å². The molecule has 14 heteroatoms. The Kier molecular flexibility index (Phi) is 13.5. The van der Waals surface area contributed by atoms with Crippen molar-refractivity contribution in [3.8, 4) is 22.8 Å². The molecule has 1 aliphatic carbocycles. The highest BCUT2D eigenvalue weighted by Crippen LogP contribution is 2.36. The highest BCUT2D eigenvalue weighted by molar-refractivity contribution is 7.90. The maximum Gasteiger partial charge on any atom is 0.256 e. The van der Waals surface area contributed by atoms with E-state index in [0.717, 1.165) is 68.7 Å². The van der Waals surface area contributed by atoms with Gasteiger partial charge in [0.25, 0.3) is 5.91 Å². The van der Waals surface area contributed by atoms with Crippen LogP contribution in [0.5, 0.6) is 11.5 Å². The fourth-order valence-corrected chi connectivity index (χ4v) is 9.92. The first-order valence-corrected chi connectivity index (χ1v) is 22.8. The Hall–Kier alpha value is -4.72. The Morgan fingerprint density at radius 2 is 1.55 bits per heavy atom. The second-order valence-corrected chi connectivity index (χ2v) is 18.4. The summed E-state index contributed by atoms with van der Waals surface area (Å²) < 4.78 is 40.2. The van der Waals surface area contributed by atoms with Crippen LogP contribution in [0.15, 0.2) is 54.6 Å². The number of likely N-dealkylation sites (tertiary alicyclic amines) is 1. The number of methoxy groups -OCH3 is 1. The van der Waals surface area contributed by atoms with Crippen molar-refractivity contribution in [2.45, 2.75) is 126 Å². The predicted molar refractivity (Wildman–Crippen MR) is 220 cm³/mol. The molecule has 2 aromatic carbocycles. The van der Waals surface area contributed by atoms with Gasteiger partial charge in [-0.2, -0.15) is 0 Å². The third-order valence-electron chi connectivity index (χ3n) is 12.1. The summed E-state index contributed by atoms with van der Waals surface area (Å²) in [5, 5.41) is 3.00. The van der Waals surface area contributed by atoms with E-state index in [1.165, 1.54) is 0 Å². The number of pyridine rings is 1. The molecule has 0 radical (unpaired) electrons. The molecule has 4 heterocycles. The van der Waals surface area contributed by atoms with Crippen molar-refractivity contribution < 1.29 is 37.1 Å². The van der Waals surface area contributed by atoms with Crippen LogP contribution in [-0.4, -0.2) is 97.0 Å². The number of nitrogens with one attached hydrogen (secondary N) is 2. The van der Waals surface area contributed by atoms with E-state index in [1.54, 1.807) is 12.0 Å². The Morgan fingerprint density at radius 1 is 0.862 bits per heavy atom. The zero-order chi connectivity index (χ0) is 40.6. The van der Waals surface area contributed by atoms with Crippen LogP contribution in [0.4, 0.5) is 0 Å². The number of nitrogens with zero attached hydrogens (tertiary/aromatic N) is 3. The number of piperidine rings is 1. The molecule has 2 N–H and O–H groups in total. The van der Waals surface area contributed by atoms with E-state index in [-0.39, 0.29) is 37.6 Å². The highest BCUT2D eigenvalue weighted by atomic mass is 32.2. The minimum Gasteiger partial charge on any atom is -0.497 e. The van der Waals surface area contributed by atoms with Crippen molar-refractivity contribution in [2.24, 2.45) is 5.92 Å². The second-order valence-electron chi connectivity index (χ2n) is 16.4. The molecule has 0 bridgehead atoms. The van der Waals surface area contributed by atoms with E-state index in [9.17, 15) is 27.6 Å². The fourth-order valence-electron chi connectivity index (χ4n) is 8.58. The van der Waals surface area contributed by atoms with Crippen molar-refractivity contribution in [1.29, 1.82) is 0 Å². The summed E-state index contributed by atoms with van der Waals surface area (Å²) in [6.45, 7) is 1.45. The molecule has 1 saturated carbocycles. The van der Waals surface area contributed by atoms with Crippen molar-refractivity contribution in [3.05, 3.63) is 54.6 Å². The molecule has 3 saturated heterocycles. The van der Waals surface area contributed by atoms with Crippen LogP contribution in [0.1, 0.15) is 103 Å². The zero-order valence-corrected chi connectivity index (χ0v) is 34.4. The predicted octanol–water partition coefficient (Wildman–Crippen LogP) is 5.90. The van der Waals surface area contributed by atoms with E-state index in [1.807, 2.05) is 59.5 Å². The molecule has 13 nitrogen and oxygen atoms in total. The van der Waals surface area contributed by atoms with Gasteiger partial charge < -0.3 is 24.6 Å². The van der Waals surface area contributed by atoms with Crippen molar-refractivity contribution in [1.82, 2.24) is 24.8 Å². The number of hydrogen-bond acceptors (Lipinski definition) is 9. The second kappa shape index (κ2) is 18.9. The minimum absolute atomic E-state index is 0.0406. The van der Waals surface area contributed by atoms with Crippen LogP contribution in [0, 0.1) is 5.92 Å².